The molecule has 1 amide bonds. The minimum Gasteiger partial charge on any atom is -0.375 e. The van der Waals surface area contributed by atoms with E-state index in [0.29, 0.717) is 39.1 Å². The predicted molar refractivity (Wildman–Crippen MR) is 146 cm³/mol. The fourth-order valence-electron chi connectivity index (χ4n) is 5.75. The fraction of sp³-hybridized carbons (Fsp3) is 0.536. The van der Waals surface area contributed by atoms with Gasteiger partial charge < -0.3 is 20.1 Å². The number of amides is 1. The lowest BCUT2D eigenvalue weighted by atomic mass is 9.74. The number of benzene rings is 2. The maximum absolute atomic E-state index is 13.7. The molecule has 3 aliphatic rings. The number of piperidine rings is 1. The van der Waals surface area contributed by atoms with E-state index in [4.69, 9.17) is 15.2 Å². The second-order valence-corrected chi connectivity index (χ2v) is 13.3. The summed E-state index contributed by atoms with van der Waals surface area (Å²) in [5.41, 5.74) is 8.25. The van der Waals surface area contributed by atoms with Crippen molar-refractivity contribution in [3.63, 3.8) is 0 Å². The van der Waals surface area contributed by atoms with Crippen LogP contribution in [0.5, 0.6) is 0 Å². The SMILES string of the molecule is CC(C)(N)C1OC1NC(COCc1ccccc1)C(=O)N1CCC2(CC1)CN(S(C)(=O)=O)c1ccccc12. The molecule has 2 fully saturated rings. The van der Waals surface area contributed by atoms with Crippen LogP contribution in [0.1, 0.15) is 37.8 Å². The van der Waals surface area contributed by atoms with E-state index in [0.717, 1.165) is 16.8 Å². The van der Waals surface area contributed by atoms with Crippen LogP contribution >= 0.6 is 0 Å². The first-order chi connectivity index (χ1) is 18.0. The minimum atomic E-state index is -3.39. The van der Waals surface area contributed by atoms with Gasteiger partial charge in [0.05, 0.1) is 25.2 Å². The molecule has 0 saturated carbocycles. The van der Waals surface area contributed by atoms with Gasteiger partial charge in [-0.3, -0.25) is 14.4 Å². The number of likely N-dealkylation sites (tertiary alicyclic amines) is 1. The van der Waals surface area contributed by atoms with Crippen LogP contribution in [0.4, 0.5) is 5.69 Å². The van der Waals surface area contributed by atoms with Crippen LogP contribution in [0.3, 0.4) is 0 Å². The van der Waals surface area contributed by atoms with E-state index in [1.54, 1.807) is 0 Å². The van der Waals surface area contributed by atoms with Gasteiger partial charge in [-0.1, -0.05) is 48.5 Å². The number of anilines is 1. The van der Waals surface area contributed by atoms with E-state index in [1.165, 1.54) is 10.6 Å². The van der Waals surface area contributed by atoms with Crippen molar-refractivity contribution in [2.75, 3.05) is 36.8 Å². The molecule has 3 unspecified atom stereocenters. The summed E-state index contributed by atoms with van der Waals surface area (Å²) in [6.07, 6.45) is 2.16. The Bertz CT molecular complexity index is 1260. The van der Waals surface area contributed by atoms with Crippen molar-refractivity contribution in [2.45, 2.75) is 62.6 Å². The van der Waals surface area contributed by atoms with Gasteiger partial charge in [0.1, 0.15) is 18.4 Å². The van der Waals surface area contributed by atoms with Gasteiger partial charge in [-0.25, -0.2) is 8.42 Å². The Labute approximate surface area is 225 Å². The van der Waals surface area contributed by atoms with Crippen molar-refractivity contribution in [2.24, 2.45) is 5.73 Å². The Kier molecular flexibility index (Phi) is 7.30. The molecule has 0 bridgehead atoms. The highest BCUT2D eigenvalue weighted by atomic mass is 32.2. The quantitative estimate of drug-likeness (QED) is 0.465. The molecule has 2 aromatic rings. The molecule has 3 atom stereocenters. The number of nitrogens with two attached hydrogens (primary N) is 1. The topological polar surface area (TPSA) is 117 Å². The first kappa shape index (κ1) is 27.1. The predicted octanol–water partition coefficient (Wildman–Crippen LogP) is 1.96. The van der Waals surface area contributed by atoms with Crippen molar-refractivity contribution in [3.8, 4) is 0 Å². The number of para-hydroxylation sites is 1. The fourth-order valence-corrected chi connectivity index (χ4v) is 6.74. The van der Waals surface area contributed by atoms with E-state index in [9.17, 15) is 13.2 Å². The number of hydrogen-bond acceptors (Lipinski definition) is 7. The number of hydrogen-bond donors (Lipinski definition) is 2. The average Bonchev–Trinajstić information content (AvgIpc) is 3.60. The van der Waals surface area contributed by atoms with E-state index in [-0.39, 0.29) is 30.3 Å². The molecule has 3 heterocycles. The van der Waals surface area contributed by atoms with Gasteiger partial charge in [0.15, 0.2) is 0 Å². The van der Waals surface area contributed by atoms with E-state index < -0.39 is 21.6 Å². The second kappa shape index (κ2) is 10.2. The molecule has 0 radical (unpaired) electrons. The van der Waals surface area contributed by atoms with E-state index >= 15 is 0 Å². The number of epoxide rings is 1. The van der Waals surface area contributed by atoms with Gasteiger partial charge >= 0.3 is 0 Å². The molecule has 10 heteroatoms. The van der Waals surface area contributed by atoms with Gasteiger partial charge in [-0.05, 0) is 43.9 Å². The van der Waals surface area contributed by atoms with Gasteiger partial charge in [-0.2, -0.15) is 0 Å². The molecule has 3 N–H and O–H groups in total. The van der Waals surface area contributed by atoms with Gasteiger partial charge in [0.25, 0.3) is 0 Å². The lowest BCUT2D eigenvalue weighted by molar-refractivity contribution is -0.137. The summed E-state index contributed by atoms with van der Waals surface area (Å²) in [6, 6.07) is 17.0. The zero-order valence-electron chi connectivity index (χ0n) is 22.3. The zero-order valence-corrected chi connectivity index (χ0v) is 23.1. The molecule has 0 aromatic heterocycles. The van der Waals surface area contributed by atoms with Crippen LogP contribution in [0, 0.1) is 0 Å². The number of nitrogens with zero attached hydrogens (tertiary/aromatic N) is 2. The van der Waals surface area contributed by atoms with Crippen molar-refractivity contribution >= 4 is 21.6 Å². The number of sulfonamides is 1. The van der Waals surface area contributed by atoms with Gasteiger partial charge in [0, 0.05) is 30.6 Å². The molecular formula is C28H38N4O5S. The molecular weight excluding hydrogens is 504 g/mol. The molecule has 0 aliphatic carbocycles. The van der Waals surface area contributed by atoms with Crippen LogP contribution in [-0.4, -0.2) is 75.6 Å². The number of carbonyl (C=O) groups is 1. The Morgan fingerprint density at radius 1 is 1.16 bits per heavy atom. The zero-order chi connectivity index (χ0) is 27.1. The largest absolute Gasteiger partial charge is 0.375 e. The Balaban J connectivity index is 1.26. The molecule has 206 valence electrons. The van der Waals surface area contributed by atoms with Gasteiger partial charge in [0.2, 0.25) is 15.9 Å². The summed E-state index contributed by atoms with van der Waals surface area (Å²) < 4.78 is 38.2. The smallest absolute Gasteiger partial charge is 0.242 e. The molecule has 3 aliphatic heterocycles. The summed E-state index contributed by atoms with van der Waals surface area (Å²) in [4.78, 5) is 15.6. The lowest BCUT2D eigenvalue weighted by Crippen LogP contribution is -2.55. The number of nitrogens with one attached hydrogen (secondary N) is 1. The van der Waals surface area contributed by atoms with E-state index in [2.05, 4.69) is 5.32 Å². The molecule has 9 nitrogen and oxygen atoms in total. The highest BCUT2D eigenvalue weighted by molar-refractivity contribution is 7.92. The monoisotopic (exact) mass is 542 g/mol. The van der Waals surface area contributed by atoms with Crippen molar-refractivity contribution < 1.29 is 22.7 Å². The first-order valence-corrected chi connectivity index (χ1v) is 15.0. The van der Waals surface area contributed by atoms with Crippen LogP contribution in [-0.2, 0) is 36.3 Å². The maximum Gasteiger partial charge on any atom is 0.242 e. The highest BCUT2D eigenvalue weighted by Gasteiger charge is 2.51. The molecule has 38 heavy (non-hydrogen) atoms. The molecule has 1 spiro atoms. The molecule has 2 saturated heterocycles. The number of ether oxygens (including phenoxy) is 2. The van der Waals surface area contributed by atoms with Crippen molar-refractivity contribution in [3.05, 3.63) is 65.7 Å². The first-order valence-electron chi connectivity index (χ1n) is 13.2. The summed E-state index contributed by atoms with van der Waals surface area (Å²) in [7, 11) is -3.39. The van der Waals surface area contributed by atoms with Crippen molar-refractivity contribution in [1.29, 1.82) is 0 Å². The Morgan fingerprint density at radius 3 is 2.45 bits per heavy atom. The molecule has 5 rings (SSSR count). The highest BCUT2D eigenvalue weighted by Crippen LogP contribution is 2.47. The number of rotatable bonds is 9. The standard InChI is InChI=1S/C28H38N4O5S/c1-27(2,29)24-25(37-24)30-22(18-36-17-20-9-5-4-6-10-20)26(33)31-15-13-28(14-16-31)19-32(38(3,34)35)23-12-8-7-11-21(23)28/h4-12,22,24-25,30H,13-19,29H2,1-3H3. The van der Waals surface area contributed by atoms with Crippen molar-refractivity contribution in [1.82, 2.24) is 10.2 Å². The third-order valence-corrected chi connectivity index (χ3v) is 9.03. The Morgan fingerprint density at radius 2 is 1.82 bits per heavy atom. The van der Waals surface area contributed by atoms with Crippen LogP contribution < -0.4 is 15.4 Å². The summed E-state index contributed by atoms with van der Waals surface area (Å²) >= 11 is 0. The lowest BCUT2D eigenvalue weighted by Gasteiger charge is -2.41. The summed E-state index contributed by atoms with van der Waals surface area (Å²) in [6.45, 7) is 5.93. The maximum atomic E-state index is 13.7. The molecule has 2 aromatic carbocycles. The summed E-state index contributed by atoms with van der Waals surface area (Å²) in [5.74, 6) is -0.0387. The average molecular weight is 543 g/mol. The third-order valence-electron chi connectivity index (χ3n) is 7.91. The second-order valence-electron chi connectivity index (χ2n) is 11.4. The van der Waals surface area contributed by atoms with Crippen LogP contribution in [0.2, 0.25) is 0 Å². The number of fused-ring (bicyclic) bond motifs is 2. The normalized spacial score (nSPS) is 23.4. The van der Waals surface area contributed by atoms with Gasteiger partial charge in [-0.15, -0.1) is 0 Å². The summed E-state index contributed by atoms with van der Waals surface area (Å²) in [5, 5.41) is 3.33. The van der Waals surface area contributed by atoms with Crippen LogP contribution in [0.25, 0.3) is 0 Å². The number of carbonyl (C=O) groups excluding carboxylic acids is 1. The van der Waals surface area contributed by atoms with Crippen LogP contribution in [0.15, 0.2) is 54.6 Å². The van der Waals surface area contributed by atoms with E-state index in [1.807, 2.05) is 73.3 Å². The minimum absolute atomic E-state index is 0.0387. The third kappa shape index (κ3) is 5.60. The Hall–Kier alpha value is -2.50.